The van der Waals surface area contributed by atoms with Gasteiger partial charge in [0.15, 0.2) is 0 Å². The van der Waals surface area contributed by atoms with Gasteiger partial charge in [-0.15, -0.1) is 0 Å². The van der Waals surface area contributed by atoms with Crippen molar-refractivity contribution >= 4 is 0 Å². The summed E-state index contributed by atoms with van der Waals surface area (Å²) in [5.41, 5.74) is 2.78. The molecule has 0 spiro atoms. The molecule has 2 unspecified atom stereocenters. The summed E-state index contributed by atoms with van der Waals surface area (Å²) < 4.78 is 0. The molecular formula is C10H13N. The molecule has 0 N–H and O–H groups in total. The van der Waals surface area contributed by atoms with Crippen LogP contribution in [0.15, 0.2) is 18.3 Å². The van der Waals surface area contributed by atoms with Gasteiger partial charge in [-0.3, -0.25) is 4.98 Å². The first-order chi connectivity index (χ1) is 5.29. The second-order valence-electron chi connectivity index (χ2n) is 3.52. The number of rotatable bonds is 0. The van der Waals surface area contributed by atoms with Crippen LogP contribution in [0.25, 0.3) is 0 Å². The van der Waals surface area contributed by atoms with Crippen LogP contribution in [0, 0.1) is 0 Å². The zero-order valence-electron chi connectivity index (χ0n) is 7.04. The van der Waals surface area contributed by atoms with E-state index in [4.69, 9.17) is 0 Å². The lowest BCUT2D eigenvalue weighted by Crippen LogP contribution is -1.89. The highest BCUT2D eigenvalue weighted by Gasteiger charge is 2.25. The molecule has 1 aromatic heterocycles. The van der Waals surface area contributed by atoms with Gasteiger partial charge in [-0.25, -0.2) is 0 Å². The molecule has 0 radical (unpaired) electrons. The van der Waals surface area contributed by atoms with Crippen molar-refractivity contribution in [3.8, 4) is 0 Å². The number of aromatic nitrogens is 1. The Hall–Kier alpha value is -0.850. The lowest BCUT2D eigenvalue weighted by molar-refractivity contribution is 0.655. The van der Waals surface area contributed by atoms with Crippen molar-refractivity contribution in [2.45, 2.75) is 32.1 Å². The molecule has 0 amide bonds. The van der Waals surface area contributed by atoms with E-state index in [0.29, 0.717) is 11.8 Å². The van der Waals surface area contributed by atoms with Crippen LogP contribution in [-0.4, -0.2) is 4.98 Å². The van der Waals surface area contributed by atoms with E-state index in [2.05, 4.69) is 24.9 Å². The Morgan fingerprint density at radius 3 is 2.91 bits per heavy atom. The van der Waals surface area contributed by atoms with E-state index in [9.17, 15) is 0 Å². The Bertz CT molecular complexity index is 240. The van der Waals surface area contributed by atoms with Gasteiger partial charge in [0.05, 0.1) is 0 Å². The Morgan fingerprint density at radius 1 is 1.36 bits per heavy atom. The van der Waals surface area contributed by atoms with Crippen molar-refractivity contribution in [1.82, 2.24) is 4.98 Å². The zero-order valence-corrected chi connectivity index (χ0v) is 7.04. The van der Waals surface area contributed by atoms with E-state index < -0.39 is 0 Å². The molecule has 1 heteroatoms. The fourth-order valence-corrected chi connectivity index (χ4v) is 2.03. The number of fused-ring (bicyclic) bond motifs is 1. The summed E-state index contributed by atoms with van der Waals surface area (Å²) in [5.74, 6) is 1.38. The minimum Gasteiger partial charge on any atom is -0.261 e. The van der Waals surface area contributed by atoms with E-state index in [1.807, 2.05) is 12.3 Å². The molecule has 1 aliphatic rings. The predicted octanol–water partition coefficient (Wildman–Crippen LogP) is 2.69. The third kappa shape index (κ3) is 0.953. The standard InChI is InChI=1S/C10H13N/c1-7-6-8(2)10-9(7)4-3-5-11-10/h3-5,7-8H,6H2,1-2H3. The number of nitrogens with zero attached hydrogens (tertiary/aromatic N) is 1. The Morgan fingerprint density at radius 2 is 2.18 bits per heavy atom. The van der Waals surface area contributed by atoms with Gasteiger partial charge >= 0.3 is 0 Å². The summed E-state index contributed by atoms with van der Waals surface area (Å²) in [6.07, 6.45) is 3.17. The maximum absolute atomic E-state index is 4.39. The average molecular weight is 147 g/mol. The quantitative estimate of drug-likeness (QED) is 0.549. The van der Waals surface area contributed by atoms with Crippen molar-refractivity contribution in [3.05, 3.63) is 29.6 Å². The Kier molecular flexibility index (Phi) is 1.45. The highest BCUT2D eigenvalue weighted by Crippen LogP contribution is 2.39. The number of hydrogen-bond donors (Lipinski definition) is 0. The monoisotopic (exact) mass is 147 g/mol. The number of hydrogen-bond acceptors (Lipinski definition) is 1. The molecule has 1 nitrogen and oxygen atoms in total. The molecule has 1 aromatic rings. The van der Waals surface area contributed by atoms with Gasteiger partial charge in [0.2, 0.25) is 0 Å². The van der Waals surface area contributed by atoms with Crippen molar-refractivity contribution in [1.29, 1.82) is 0 Å². The average Bonchev–Trinajstić information content (AvgIpc) is 2.30. The molecule has 0 aliphatic heterocycles. The van der Waals surface area contributed by atoms with Crippen LogP contribution in [0.3, 0.4) is 0 Å². The van der Waals surface area contributed by atoms with Crippen LogP contribution in [0.2, 0.25) is 0 Å². The van der Waals surface area contributed by atoms with Gasteiger partial charge in [0, 0.05) is 11.9 Å². The van der Waals surface area contributed by atoms with E-state index in [1.165, 1.54) is 17.7 Å². The van der Waals surface area contributed by atoms with Crippen LogP contribution in [0.4, 0.5) is 0 Å². The fraction of sp³-hybridized carbons (Fsp3) is 0.500. The summed E-state index contributed by atoms with van der Waals surface area (Å²) in [5, 5.41) is 0. The summed E-state index contributed by atoms with van der Waals surface area (Å²) in [6, 6.07) is 4.24. The van der Waals surface area contributed by atoms with Gasteiger partial charge in [-0.05, 0) is 29.9 Å². The molecular weight excluding hydrogens is 134 g/mol. The third-order valence-electron chi connectivity index (χ3n) is 2.58. The predicted molar refractivity (Wildman–Crippen MR) is 45.7 cm³/mol. The SMILES string of the molecule is CC1CC(C)c2ncccc21. The maximum Gasteiger partial charge on any atom is 0.0466 e. The first-order valence-electron chi connectivity index (χ1n) is 4.24. The van der Waals surface area contributed by atoms with E-state index in [1.54, 1.807) is 0 Å². The van der Waals surface area contributed by atoms with Crippen LogP contribution in [0.5, 0.6) is 0 Å². The van der Waals surface area contributed by atoms with Crippen LogP contribution < -0.4 is 0 Å². The summed E-state index contributed by atoms with van der Waals surface area (Å²) in [6.45, 7) is 4.54. The van der Waals surface area contributed by atoms with Gasteiger partial charge in [0.25, 0.3) is 0 Å². The molecule has 58 valence electrons. The van der Waals surface area contributed by atoms with Crippen molar-refractivity contribution in [3.63, 3.8) is 0 Å². The smallest absolute Gasteiger partial charge is 0.0466 e. The third-order valence-corrected chi connectivity index (χ3v) is 2.58. The van der Waals surface area contributed by atoms with Crippen molar-refractivity contribution in [2.24, 2.45) is 0 Å². The van der Waals surface area contributed by atoms with Gasteiger partial charge in [-0.2, -0.15) is 0 Å². The van der Waals surface area contributed by atoms with E-state index >= 15 is 0 Å². The molecule has 2 rings (SSSR count). The highest BCUT2D eigenvalue weighted by molar-refractivity contribution is 5.31. The molecule has 0 aromatic carbocycles. The second-order valence-corrected chi connectivity index (χ2v) is 3.52. The fourth-order valence-electron chi connectivity index (χ4n) is 2.03. The first-order valence-corrected chi connectivity index (χ1v) is 4.24. The second kappa shape index (κ2) is 2.33. The summed E-state index contributed by atoms with van der Waals surface area (Å²) in [7, 11) is 0. The molecule has 1 aliphatic carbocycles. The lowest BCUT2D eigenvalue weighted by atomic mass is 10.1. The molecule has 11 heavy (non-hydrogen) atoms. The largest absolute Gasteiger partial charge is 0.261 e. The van der Waals surface area contributed by atoms with Gasteiger partial charge < -0.3 is 0 Å². The van der Waals surface area contributed by atoms with Gasteiger partial charge in [0.1, 0.15) is 0 Å². The first kappa shape index (κ1) is 6.84. The van der Waals surface area contributed by atoms with Gasteiger partial charge in [-0.1, -0.05) is 19.9 Å². The molecule has 0 saturated heterocycles. The zero-order chi connectivity index (χ0) is 7.84. The normalized spacial score (nSPS) is 28.5. The minimum absolute atomic E-state index is 0.668. The minimum atomic E-state index is 0.668. The van der Waals surface area contributed by atoms with Crippen LogP contribution in [0.1, 0.15) is 43.4 Å². The van der Waals surface area contributed by atoms with Crippen molar-refractivity contribution in [2.75, 3.05) is 0 Å². The van der Waals surface area contributed by atoms with E-state index in [0.717, 1.165) is 0 Å². The molecule has 1 heterocycles. The lowest BCUT2D eigenvalue weighted by Gasteiger charge is -2.00. The highest BCUT2D eigenvalue weighted by atomic mass is 14.7. The Balaban J connectivity index is 2.52. The molecule has 0 fully saturated rings. The van der Waals surface area contributed by atoms with Crippen LogP contribution >= 0.6 is 0 Å². The van der Waals surface area contributed by atoms with Crippen molar-refractivity contribution < 1.29 is 0 Å². The molecule has 0 bridgehead atoms. The topological polar surface area (TPSA) is 12.9 Å². The molecule has 2 atom stereocenters. The summed E-state index contributed by atoms with van der Waals surface area (Å²) >= 11 is 0. The Labute approximate surface area is 67.5 Å². The summed E-state index contributed by atoms with van der Waals surface area (Å²) in [4.78, 5) is 4.39. The maximum atomic E-state index is 4.39. The number of pyridine rings is 1. The van der Waals surface area contributed by atoms with E-state index in [-0.39, 0.29) is 0 Å². The van der Waals surface area contributed by atoms with Crippen LogP contribution in [-0.2, 0) is 0 Å². The molecule has 0 saturated carbocycles.